The second-order valence-corrected chi connectivity index (χ2v) is 13.7. The van der Waals surface area contributed by atoms with Gasteiger partial charge >= 0.3 is 12.1 Å². The van der Waals surface area contributed by atoms with Gasteiger partial charge in [0.05, 0.1) is 12.2 Å². The number of nitrogens with zero attached hydrogens (tertiary/aromatic N) is 2. The lowest BCUT2D eigenvalue weighted by Crippen LogP contribution is -2.52. The van der Waals surface area contributed by atoms with Crippen LogP contribution in [0.4, 0.5) is 4.79 Å². The summed E-state index contributed by atoms with van der Waals surface area (Å²) in [4.78, 5) is 28.6. The molecule has 1 rings (SSSR count). The molecule has 1 aliphatic heterocycles. The van der Waals surface area contributed by atoms with E-state index in [-0.39, 0.29) is 12.1 Å². The Morgan fingerprint density at radius 1 is 0.854 bits per heavy atom. The SMILES string of the molecule is CCCCCCCCC(CCCCCC)COC(=O)CCCCCN(C)CC1(O)CCN(C(=O)OC(C)(C)C)CC1. The Bertz CT molecular complexity index is 685. The molecule has 1 amide bonds. The van der Waals surface area contributed by atoms with Crippen molar-refractivity contribution in [3.05, 3.63) is 0 Å². The number of aliphatic hydroxyl groups is 1. The van der Waals surface area contributed by atoms with Crippen molar-refractivity contribution in [1.29, 1.82) is 0 Å². The van der Waals surface area contributed by atoms with Gasteiger partial charge in [0.25, 0.3) is 0 Å². The molecule has 1 fully saturated rings. The van der Waals surface area contributed by atoms with E-state index in [4.69, 9.17) is 9.47 Å². The van der Waals surface area contributed by atoms with Gasteiger partial charge in [-0.1, -0.05) is 84.5 Å². The fourth-order valence-electron chi connectivity index (χ4n) is 5.67. The number of unbranched alkanes of at least 4 members (excludes halogenated alkanes) is 10. The van der Waals surface area contributed by atoms with Crippen LogP contribution in [-0.2, 0) is 14.3 Å². The van der Waals surface area contributed by atoms with Crippen LogP contribution in [0.1, 0.15) is 150 Å². The molecule has 7 nitrogen and oxygen atoms in total. The molecule has 1 aliphatic rings. The van der Waals surface area contributed by atoms with Gasteiger partial charge in [0.2, 0.25) is 0 Å². The zero-order valence-corrected chi connectivity index (χ0v) is 27.8. The molecule has 1 atom stereocenters. The number of carbonyl (C=O) groups is 2. The number of hydrogen-bond donors (Lipinski definition) is 1. The lowest BCUT2D eigenvalue weighted by atomic mass is 9.91. The van der Waals surface area contributed by atoms with E-state index in [1.54, 1.807) is 4.90 Å². The van der Waals surface area contributed by atoms with Gasteiger partial charge < -0.3 is 24.4 Å². The predicted octanol–water partition coefficient (Wildman–Crippen LogP) is 8.12. The zero-order chi connectivity index (χ0) is 30.6. The quantitative estimate of drug-likeness (QED) is 0.103. The first-order chi connectivity index (χ1) is 19.5. The van der Waals surface area contributed by atoms with Crippen LogP contribution >= 0.6 is 0 Å². The number of amides is 1. The maximum Gasteiger partial charge on any atom is 0.410 e. The Labute approximate surface area is 253 Å². The average molecular weight is 583 g/mol. The van der Waals surface area contributed by atoms with Gasteiger partial charge in [-0.05, 0) is 78.8 Å². The highest BCUT2D eigenvalue weighted by molar-refractivity contribution is 5.69. The third-order valence-corrected chi connectivity index (χ3v) is 8.24. The number of carbonyl (C=O) groups excluding carboxylic acids is 2. The van der Waals surface area contributed by atoms with E-state index in [9.17, 15) is 14.7 Å². The Hall–Kier alpha value is -1.34. The molecule has 0 spiro atoms. The molecule has 1 N–H and O–H groups in total. The lowest BCUT2D eigenvalue weighted by molar-refractivity contribution is -0.145. The third kappa shape index (κ3) is 19.5. The number of esters is 1. The van der Waals surface area contributed by atoms with Crippen LogP contribution in [0.3, 0.4) is 0 Å². The van der Waals surface area contributed by atoms with E-state index < -0.39 is 11.2 Å². The van der Waals surface area contributed by atoms with Gasteiger partial charge in [0, 0.05) is 26.1 Å². The Balaban J connectivity index is 2.22. The molecular weight excluding hydrogens is 516 g/mol. The Kier molecular flexibility index (Phi) is 19.6. The van der Waals surface area contributed by atoms with Gasteiger partial charge in [0.1, 0.15) is 5.60 Å². The van der Waals surface area contributed by atoms with Crippen LogP contribution in [0, 0.1) is 5.92 Å². The summed E-state index contributed by atoms with van der Waals surface area (Å²) < 4.78 is 11.2. The van der Waals surface area contributed by atoms with Crippen molar-refractivity contribution < 1.29 is 24.2 Å². The summed E-state index contributed by atoms with van der Waals surface area (Å²) in [5, 5.41) is 11.1. The molecule has 0 aromatic carbocycles. The van der Waals surface area contributed by atoms with E-state index in [0.717, 1.165) is 25.8 Å². The molecule has 7 heteroatoms. The van der Waals surface area contributed by atoms with E-state index in [0.29, 0.717) is 51.4 Å². The van der Waals surface area contributed by atoms with Crippen LogP contribution in [0.5, 0.6) is 0 Å². The van der Waals surface area contributed by atoms with Gasteiger partial charge in [0.15, 0.2) is 0 Å². The second kappa shape index (κ2) is 21.4. The normalized spacial score (nSPS) is 16.1. The van der Waals surface area contributed by atoms with Crippen LogP contribution in [0.2, 0.25) is 0 Å². The van der Waals surface area contributed by atoms with Gasteiger partial charge in [-0.15, -0.1) is 0 Å². The zero-order valence-electron chi connectivity index (χ0n) is 27.8. The fourth-order valence-corrected chi connectivity index (χ4v) is 5.67. The van der Waals surface area contributed by atoms with E-state index in [1.165, 1.54) is 77.0 Å². The molecule has 1 unspecified atom stereocenters. The standard InChI is InChI=1S/C34H66N2O5/c1-7-9-11-13-14-17-21-30(20-16-12-10-8-2)28-40-31(37)22-18-15-19-25-35(6)29-34(39)23-26-36(27-24-34)32(38)41-33(3,4)5/h30,39H,7-29H2,1-6H3. The molecule has 242 valence electrons. The number of likely N-dealkylation sites (N-methyl/N-ethyl adjacent to an activating group) is 1. The largest absolute Gasteiger partial charge is 0.465 e. The summed E-state index contributed by atoms with van der Waals surface area (Å²) in [6.45, 7) is 13.2. The predicted molar refractivity (Wildman–Crippen MR) is 169 cm³/mol. The van der Waals surface area contributed by atoms with Crippen LogP contribution < -0.4 is 0 Å². The summed E-state index contributed by atoms with van der Waals surface area (Å²) in [7, 11) is 2.04. The number of rotatable bonds is 22. The first kappa shape index (κ1) is 37.7. The minimum atomic E-state index is -0.778. The molecule has 0 radical (unpaired) electrons. The van der Waals surface area contributed by atoms with Gasteiger partial charge in [-0.25, -0.2) is 4.79 Å². The van der Waals surface area contributed by atoms with Crippen LogP contribution in [-0.4, -0.2) is 78.0 Å². The van der Waals surface area contributed by atoms with Crippen molar-refractivity contribution in [1.82, 2.24) is 9.80 Å². The highest BCUT2D eigenvalue weighted by Crippen LogP contribution is 2.25. The van der Waals surface area contributed by atoms with E-state index in [1.807, 2.05) is 27.8 Å². The molecule has 0 aromatic rings. The average Bonchev–Trinajstić information content (AvgIpc) is 2.90. The van der Waals surface area contributed by atoms with Gasteiger partial charge in [-0.3, -0.25) is 4.79 Å². The summed E-state index contributed by atoms with van der Waals surface area (Å²) in [5.41, 5.74) is -1.29. The number of piperidine rings is 1. The summed E-state index contributed by atoms with van der Waals surface area (Å²) in [5.74, 6) is 0.461. The summed E-state index contributed by atoms with van der Waals surface area (Å²) >= 11 is 0. The molecule has 0 saturated carbocycles. The first-order valence-corrected chi connectivity index (χ1v) is 17.0. The van der Waals surface area contributed by atoms with E-state index in [2.05, 4.69) is 18.7 Å². The van der Waals surface area contributed by atoms with Crippen LogP contribution in [0.15, 0.2) is 0 Å². The number of likely N-dealkylation sites (tertiary alicyclic amines) is 1. The van der Waals surface area contributed by atoms with Crippen molar-refractivity contribution in [2.24, 2.45) is 5.92 Å². The smallest absolute Gasteiger partial charge is 0.410 e. The van der Waals surface area contributed by atoms with Gasteiger partial charge in [-0.2, -0.15) is 0 Å². The third-order valence-electron chi connectivity index (χ3n) is 8.24. The molecule has 0 aliphatic carbocycles. The maximum atomic E-state index is 12.4. The monoisotopic (exact) mass is 582 g/mol. The highest BCUT2D eigenvalue weighted by atomic mass is 16.6. The summed E-state index contributed by atoms with van der Waals surface area (Å²) in [6, 6.07) is 0. The Morgan fingerprint density at radius 3 is 1.98 bits per heavy atom. The van der Waals surface area contributed by atoms with Crippen molar-refractivity contribution >= 4 is 12.1 Å². The molecule has 1 saturated heterocycles. The highest BCUT2D eigenvalue weighted by Gasteiger charge is 2.36. The second-order valence-electron chi connectivity index (χ2n) is 13.7. The van der Waals surface area contributed by atoms with Crippen molar-refractivity contribution in [3.63, 3.8) is 0 Å². The molecule has 0 aromatic heterocycles. The van der Waals surface area contributed by atoms with Crippen molar-refractivity contribution in [3.8, 4) is 0 Å². The minimum absolute atomic E-state index is 0.0501. The number of hydrogen-bond acceptors (Lipinski definition) is 6. The Morgan fingerprint density at radius 2 is 1.39 bits per heavy atom. The first-order valence-electron chi connectivity index (χ1n) is 17.0. The topological polar surface area (TPSA) is 79.3 Å². The molecule has 41 heavy (non-hydrogen) atoms. The molecule has 0 bridgehead atoms. The lowest BCUT2D eigenvalue weighted by Gasteiger charge is -2.40. The minimum Gasteiger partial charge on any atom is -0.465 e. The van der Waals surface area contributed by atoms with E-state index >= 15 is 0 Å². The molecular formula is C34H66N2O5. The van der Waals surface area contributed by atoms with Crippen LogP contribution in [0.25, 0.3) is 0 Å². The van der Waals surface area contributed by atoms with Crippen molar-refractivity contribution in [2.75, 3.05) is 39.8 Å². The summed E-state index contributed by atoms with van der Waals surface area (Å²) in [6.07, 6.45) is 19.4. The maximum absolute atomic E-state index is 12.4. The number of ether oxygens (including phenoxy) is 2. The van der Waals surface area contributed by atoms with Crippen molar-refractivity contribution in [2.45, 2.75) is 161 Å². The molecule has 1 heterocycles. The fraction of sp³-hybridized carbons (Fsp3) is 0.941.